The van der Waals surface area contributed by atoms with Crippen LogP contribution in [0.15, 0.2) is 48.7 Å². The fraction of sp³-hybridized carbons (Fsp3) is 0.0714. The first kappa shape index (κ1) is 11.4. The highest BCUT2D eigenvalue weighted by atomic mass is 15.3. The Labute approximate surface area is 110 Å². The van der Waals surface area contributed by atoms with Crippen molar-refractivity contribution in [3.05, 3.63) is 60.0 Å². The number of nitrogen functional groups attached to an aromatic ring is 1. The van der Waals surface area contributed by atoms with Gasteiger partial charge in [0.25, 0.3) is 0 Å². The van der Waals surface area contributed by atoms with Crippen molar-refractivity contribution >= 4 is 16.7 Å². The maximum atomic E-state index is 7.60. The summed E-state index contributed by atoms with van der Waals surface area (Å²) in [5.41, 5.74) is 7.98. The highest BCUT2D eigenvalue weighted by molar-refractivity contribution is 6.05. The predicted molar refractivity (Wildman–Crippen MR) is 74.1 cm³/mol. The van der Waals surface area contributed by atoms with Gasteiger partial charge in [0.15, 0.2) is 0 Å². The average molecular weight is 251 g/mol. The van der Waals surface area contributed by atoms with E-state index >= 15 is 0 Å². The molecule has 0 aliphatic carbocycles. The molecular weight excluding hydrogens is 238 g/mol. The van der Waals surface area contributed by atoms with Crippen molar-refractivity contribution < 1.29 is 0 Å². The van der Waals surface area contributed by atoms with Gasteiger partial charge in [-0.3, -0.25) is 15.1 Å². The zero-order valence-corrected chi connectivity index (χ0v) is 10.2. The fourth-order valence-electron chi connectivity index (χ4n) is 2.09. The van der Waals surface area contributed by atoms with Gasteiger partial charge < -0.3 is 5.73 Å². The van der Waals surface area contributed by atoms with Crippen molar-refractivity contribution in [2.24, 2.45) is 5.73 Å². The molecule has 0 aliphatic rings. The number of para-hydroxylation sites is 1. The molecular formula is C14H13N5. The lowest BCUT2D eigenvalue weighted by atomic mass is 10.2. The minimum absolute atomic E-state index is 0.0176. The molecule has 5 nitrogen and oxygen atoms in total. The second-order valence-electron chi connectivity index (χ2n) is 4.26. The van der Waals surface area contributed by atoms with E-state index in [-0.39, 0.29) is 5.84 Å². The van der Waals surface area contributed by atoms with E-state index in [9.17, 15) is 0 Å². The van der Waals surface area contributed by atoms with E-state index in [1.807, 2.05) is 47.1 Å². The van der Waals surface area contributed by atoms with E-state index < -0.39 is 0 Å². The molecule has 0 aliphatic heterocycles. The molecule has 3 aromatic rings. The number of amidine groups is 1. The zero-order chi connectivity index (χ0) is 13.2. The molecule has 0 radical (unpaired) electrons. The zero-order valence-electron chi connectivity index (χ0n) is 10.2. The van der Waals surface area contributed by atoms with Crippen LogP contribution < -0.4 is 5.73 Å². The quantitative estimate of drug-likeness (QED) is 0.550. The summed E-state index contributed by atoms with van der Waals surface area (Å²) in [6.45, 7) is 0.564. The molecule has 0 unspecified atom stereocenters. The average Bonchev–Trinajstić information content (AvgIpc) is 2.79. The molecule has 0 amide bonds. The van der Waals surface area contributed by atoms with Crippen molar-refractivity contribution in [2.75, 3.05) is 0 Å². The Bertz CT molecular complexity index is 730. The number of nitrogens with zero attached hydrogens (tertiary/aromatic N) is 3. The molecule has 19 heavy (non-hydrogen) atoms. The van der Waals surface area contributed by atoms with Crippen LogP contribution in [0.4, 0.5) is 0 Å². The van der Waals surface area contributed by atoms with Gasteiger partial charge in [0.1, 0.15) is 11.5 Å². The van der Waals surface area contributed by atoms with Gasteiger partial charge in [-0.15, -0.1) is 0 Å². The third kappa shape index (κ3) is 2.06. The highest BCUT2D eigenvalue weighted by Gasteiger charge is 2.12. The van der Waals surface area contributed by atoms with Gasteiger partial charge in [-0.2, -0.15) is 5.10 Å². The van der Waals surface area contributed by atoms with E-state index in [4.69, 9.17) is 11.1 Å². The van der Waals surface area contributed by atoms with Gasteiger partial charge in [0.05, 0.1) is 17.8 Å². The van der Waals surface area contributed by atoms with Crippen LogP contribution in [-0.4, -0.2) is 20.6 Å². The van der Waals surface area contributed by atoms with Crippen LogP contribution in [0.5, 0.6) is 0 Å². The Kier molecular flexibility index (Phi) is 2.72. The van der Waals surface area contributed by atoms with Crippen molar-refractivity contribution in [3.63, 3.8) is 0 Å². The molecule has 3 N–H and O–H groups in total. The lowest BCUT2D eigenvalue weighted by Crippen LogP contribution is -2.13. The molecule has 0 saturated heterocycles. The van der Waals surface area contributed by atoms with Crippen LogP contribution in [0.3, 0.4) is 0 Å². The van der Waals surface area contributed by atoms with Gasteiger partial charge in [0.2, 0.25) is 0 Å². The topological polar surface area (TPSA) is 80.6 Å². The summed E-state index contributed by atoms with van der Waals surface area (Å²) in [5.74, 6) is -0.0176. The van der Waals surface area contributed by atoms with Gasteiger partial charge in [-0.25, -0.2) is 0 Å². The van der Waals surface area contributed by atoms with E-state index in [2.05, 4.69) is 10.1 Å². The molecule has 0 fully saturated rings. The minimum Gasteiger partial charge on any atom is -0.382 e. The summed E-state index contributed by atoms with van der Waals surface area (Å²) in [5, 5.41) is 12.9. The lowest BCUT2D eigenvalue weighted by Gasteiger charge is -2.02. The summed E-state index contributed by atoms with van der Waals surface area (Å²) >= 11 is 0. The van der Waals surface area contributed by atoms with E-state index in [1.54, 1.807) is 6.20 Å². The number of fused-ring (bicyclic) bond motifs is 1. The predicted octanol–water partition coefficient (Wildman–Crippen LogP) is 1.76. The second-order valence-corrected chi connectivity index (χ2v) is 4.26. The maximum absolute atomic E-state index is 7.60. The Morgan fingerprint density at radius 2 is 1.95 bits per heavy atom. The van der Waals surface area contributed by atoms with Crippen LogP contribution in [0.1, 0.15) is 11.4 Å². The van der Waals surface area contributed by atoms with Crippen molar-refractivity contribution in [2.45, 2.75) is 6.54 Å². The molecule has 2 aromatic heterocycles. The third-order valence-corrected chi connectivity index (χ3v) is 2.95. The number of nitrogens with two attached hydrogens (primary N) is 1. The molecule has 94 valence electrons. The number of aromatic nitrogens is 3. The molecule has 3 rings (SSSR count). The lowest BCUT2D eigenvalue weighted by molar-refractivity contribution is 0.694. The van der Waals surface area contributed by atoms with Gasteiger partial charge in [0, 0.05) is 11.6 Å². The summed E-state index contributed by atoms with van der Waals surface area (Å²) in [7, 11) is 0. The highest BCUT2D eigenvalue weighted by Crippen LogP contribution is 2.18. The first-order chi connectivity index (χ1) is 9.25. The molecule has 1 aromatic carbocycles. The van der Waals surface area contributed by atoms with Gasteiger partial charge >= 0.3 is 0 Å². The summed E-state index contributed by atoms with van der Waals surface area (Å²) in [6, 6.07) is 13.5. The summed E-state index contributed by atoms with van der Waals surface area (Å²) in [4.78, 5) is 4.29. The minimum atomic E-state index is -0.0176. The first-order valence-corrected chi connectivity index (χ1v) is 5.95. The maximum Gasteiger partial charge on any atom is 0.144 e. The van der Waals surface area contributed by atoms with E-state index in [0.29, 0.717) is 12.2 Å². The largest absolute Gasteiger partial charge is 0.382 e. The Morgan fingerprint density at radius 3 is 2.68 bits per heavy atom. The Morgan fingerprint density at radius 1 is 1.16 bits per heavy atom. The van der Waals surface area contributed by atoms with Crippen molar-refractivity contribution in [3.8, 4) is 0 Å². The normalized spacial score (nSPS) is 10.7. The Hall–Kier alpha value is -2.69. The number of benzene rings is 1. The SMILES string of the molecule is N=C(N)c1nn(Cc2ccccn2)c2ccccc12. The van der Waals surface area contributed by atoms with Crippen LogP contribution in [0.2, 0.25) is 0 Å². The first-order valence-electron chi connectivity index (χ1n) is 5.95. The number of rotatable bonds is 3. The second kappa shape index (κ2) is 4.53. The van der Waals surface area contributed by atoms with Gasteiger partial charge in [-0.1, -0.05) is 24.3 Å². The molecule has 2 heterocycles. The Balaban J connectivity index is 2.11. The van der Waals surface area contributed by atoms with Crippen LogP contribution in [-0.2, 0) is 6.54 Å². The fourth-order valence-corrected chi connectivity index (χ4v) is 2.09. The molecule has 0 bridgehead atoms. The summed E-state index contributed by atoms with van der Waals surface area (Å²) in [6.07, 6.45) is 1.76. The number of hydrogen-bond acceptors (Lipinski definition) is 3. The smallest absolute Gasteiger partial charge is 0.144 e. The molecule has 5 heteroatoms. The van der Waals surface area contributed by atoms with Crippen molar-refractivity contribution in [1.29, 1.82) is 5.41 Å². The van der Waals surface area contributed by atoms with Crippen LogP contribution in [0, 0.1) is 5.41 Å². The van der Waals surface area contributed by atoms with Crippen LogP contribution >= 0.6 is 0 Å². The van der Waals surface area contributed by atoms with E-state index in [1.165, 1.54) is 0 Å². The molecule has 0 saturated carbocycles. The van der Waals surface area contributed by atoms with Gasteiger partial charge in [-0.05, 0) is 18.2 Å². The van der Waals surface area contributed by atoms with Crippen LogP contribution in [0.25, 0.3) is 10.9 Å². The van der Waals surface area contributed by atoms with Crippen molar-refractivity contribution in [1.82, 2.24) is 14.8 Å². The third-order valence-electron chi connectivity index (χ3n) is 2.95. The van der Waals surface area contributed by atoms with E-state index in [0.717, 1.165) is 16.6 Å². The molecule has 0 atom stereocenters. The summed E-state index contributed by atoms with van der Waals surface area (Å²) < 4.78 is 1.83. The standard InChI is InChI=1S/C14H13N5/c15-14(16)13-11-6-1-2-7-12(11)19(18-13)9-10-5-3-4-8-17-10/h1-8H,9H2,(H3,15,16). The number of hydrogen-bond donors (Lipinski definition) is 2. The number of nitrogens with one attached hydrogen (secondary N) is 1. The molecule has 0 spiro atoms. The number of pyridine rings is 1. The monoisotopic (exact) mass is 251 g/mol.